The zero-order valence-corrected chi connectivity index (χ0v) is 26.3. The molecule has 0 N–H and O–H groups in total. The Morgan fingerprint density at radius 1 is 0.775 bits per heavy atom. The fourth-order valence-corrected chi connectivity index (χ4v) is 5.46. The number of nitrogens with zero attached hydrogens (tertiary/aromatic N) is 1. The van der Waals surface area contributed by atoms with E-state index in [1.165, 1.54) is 81.8 Å². The number of rotatable bonds is 22. The topological polar surface area (TPSA) is 35.5 Å². The number of carbonyl (C=O) groups excluding carboxylic acids is 1. The van der Waals surface area contributed by atoms with Crippen LogP contribution >= 0.6 is 0 Å². The van der Waals surface area contributed by atoms with Crippen LogP contribution in [-0.4, -0.2) is 43.8 Å². The van der Waals surface area contributed by atoms with E-state index in [0.717, 1.165) is 36.2 Å². The smallest absolute Gasteiger partial charge is 0.314 e. The van der Waals surface area contributed by atoms with Crippen LogP contribution in [0.5, 0.6) is 5.75 Å². The van der Waals surface area contributed by atoms with Crippen LogP contribution in [0.1, 0.15) is 109 Å². The fourth-order valence-electron chi connectivity index (χ4n) is 5.46. The molecule has 2 aromatic rings. The Kier molecular flexibility index (Phi) is 16.7. The molecule has 0 bridgehead atoms. The van der Waals surface area contributed by atoms with Gasteiger partial charge in [-0.3, -0.25) is 4.79 Å². The molecule has 0 amide bonds. The molecule has 2 atom stereocenters. The first-order valence-corrected chi connectivity index (χ1v) is 16.1. The van der Waals surface area contributed by atoms with Crippen LogP contribution in [0.15, 0.2) is 54.6 Å². The van der Waals surface area contributed by atoms with Gasteiger partial charge < -0.3 is 14.0 Å². The van der Waals surface area contributed by atoms with Gasteiger partial charge in [0.1, 0.15) is 30.9 Å². The molecule has 2 unspecified atom stereocenters. The normalized spacial score (nSPS) is 13.1. The molecule has 224 valence electrons. The van der Waals surface area contributed by atoms with Gasteiger partial charge in [-0.2, -0.15) is 0 Å². The molecule has 0 radical (unpaired) electrons. The number of quaternary nitrogens is 1. The molecule has 4 heteroatoms. The van der Waals surface area contributed by atoms with Crippen molar-refractivity contribution in [2.24, 2.45) is 5.92 Å². The molecule has 0 aliphatic rings. The largest absolute Gasteiger partial charge is 0.487 e. The number of benzene rings is 2. The van der Waals surface area contributed by atoms with Gasteiger partial charge in [-0.1, -0.05) is 121 Å². The lowest BCUT2D eigenvalue weighted by Crippen LogP contribution is -2.45. The lowest BCUT2D eigenvalue weighted by molar-refractivity contribution is -0.906. The summed E-state index contributed by atoms with van der Waals surface area (Å²) in [6, 6.07) is 18.9. The van der Waals surface area contributed by atoms with Crippen molar-refractivity contribution in [1.29, 1.82) is 0 Å². The summed E-state index contributed by atoms with van der Waals surface area (Å²) in [5.74, 6) is 0.610. The minimum atomic E-state index is -0.189. The Balaban J connectivity index is 1.65. The second kappa shape index (κ2) is 19.7. The molecule has 0 aliphatic heterocycles. The molecule has 0 saturated heterocycles. The number of ether oxygens (including phenoxy) is 2. The molecule has 0 aromatic heterocycles. The third-order valence-electron chi connectivity index (χ3n) is 7.76. The summed E-state index contributed by atoms with van der Waals surface area (Å²) in [5.41, 5.74) is 2.60. The Morgan fingerprint density at radius 2 is 1.38 bits per heavy atom. The maximum atomic E-state index is 12.9. The summed E-state index contributed by atoms with van der Waals surface area (Å²) < 4.78 is 12.6. The summed E-state index contributed by atoms with van der Waals surface area (Å²) in [6.07, 6.45) is 16.7. The standard InChI is InChI=1S/C36H58NO3/c1-6-8-9-10-11-12-13-14-15-16-18-22-32-25-21-26-35(27-32)40-31(3)30-39-36(38)34(7-2)29-37(4,5)28-33-23-19-17-20-24-33/h17,19-21,23-27,31,34H,6-16,18,22,28-30H2,1-5H3/q+1. The lowest BCUT2D eigenvalue weighted by Gasteiger charge is -2.32. The van der Waals surface area contributed by atoms with Gasteiger partial charge in [0.25, 0.3) is 0 Å². The van der Waals surface area contributed by atoms with E-state index < -0.39 is 0 Å². The molecule has 0 aliphatic carbocycles. The van der Waals surface area contributed by atoms with E-state index in [2.05, 4.69) is 70.4 Å². The van der Waals surface area contributed by atoms with Crippen LogP contribution < -0.4 is 4.74 Å². The molecule has 0 heterocycles. The van der Waals surface area contributed by atoms with E-state index in [0.29, 0.717) is 0 Å². The van der Waals surface area contributed by atoms with Crippen molar-refractivity contribution in [3.8, 4) is 5.75 Å². The summed E-state index contributed by atoms with van der Waals surface area (Å²) in [7, 11) is 4.36. The van der Waals surface area contributed by atoms with Gasteiger partial charge in [-0.05, 0) is 43.9 Å². The van der Waals surface area contributed by atoms with Crippen LogP contribution in [0.25, 0.3) is 0 Å². The highest BCUT2D eigenvalue weighted by Gasteiger charge is 2.28. The van der Waals surface area contributed by atoms with Crippen molar-refractivity contribution in [2.45, 2.75) is 117 Å². The van der Waals surface area contributed by atoms with Crippen LogP contribution in [0.2, 0.25) is 0 Å². The zero-order chi connectivity index (χ0) is 29.1. The monoisotopic (exact) mass is 552 g/mol. The highest BCUT2D eigenvalue weighted by atomic mass is 16.6. The molecule has 40 heavy (non-hydrogen) atoms. The van der Waals surface area contributed by atoms with Gasteiger partial charge in [0.2, 0.25) is 0 Å². The average molecular weight is 553 g/mol. The highest BCUT2D eigenvalue weighted by molar-refractivity contribution is 5.72. The quantitative estimate of drug-likeness (QED) is 0.0830. The highest BCUT2D eigenvalue weighted by Crippen LogP contribution is 2.19. The molecule has 4 nitrogen and oxygen atoms in total. The second-order valence-corrected chi connectivity index (χ2v) is 12.4. The maximum absolute atomic E-state index is 12.9. The minimum Gasteiger partial charge on any atom is -0.487 e. The molecule has 0 saturated carbocycles. The van der Waals surface area contributed by atoms with Crippen molar-refractivity contribution in [1.82, 2.24) is 0 Å². The molecular weight excluding hydrogens is 494 g/mol. The van der Waals surface area contributed by atoms with Crippen molar-refractivity contribution >= 4 is 5.97 Å². The first-order valence-electron chi connectivity index (χ1n) is 16.1. The Bertz CT molecular complexity index is 927. The molecular formula is C36H58NO3+. The van der Waals surface area contributed by atoms with Crippen molar-refractivity contribution in [2.75, 3.05) is 27.2 Å². The van der Waals surface area contributed by atoms with Gasteiger partial charge in [-0.25, -0.2) is 0 Å². The molecule has 2 aromatic carbocycles. The Morgan fingerprint density at radius 3 is 2.00 bits per heavy atom. The fraction of sp³-hybridized carbons (Fsp3) is 0.639. The van der Waals surface area contributed by atoms with Crippen LogP contribution in [-0.2, 0) is 22.5 Å². The first kappa shape index (κ1) is 33.9. The number of carbonyl (C=O) groups is 1. The van der Waals surface area contributed by atoms with E-state index in [9.17, 15) is 4.79 Å². The first-order chi connectivity index (χ1) is 19.3. The SMILES string of the molecule is CCCCCCCCCCCCCc1cccc(OC(C)COC(=O)C(CC)C[N+](C)(C)Cc2ccccc2)c1. The number of unbranched alkanes of at least 4 members (excludes halogenated alkanes) is 10. The number of aryl methyl sites for hydroxylation is 1. The molecule has 0 spiro atoms. The van der Waals surface area contributed by atoms with Crippen molar-refractivity contribution in [3.05, 3.63) is 65.7 Å². The Labute approximate surface area is 246 Å². The third-order valence-corrected chi connectivity index (χ3v) is 7.76. The lowest BCUT2D eigenvalue weighted by atomic mass is 10.0. The van der Waals surface area contributed by atoms with E-state index in [1.54, 1.807) is 0 Å². The maximum Gasteiger partial charge on any atom is 0.314 e. The molecule has 2 rings (SSSR count). The average Bonchev–Trinajstić information content (AvgIpc) is 2.94. The summed E-state index contributed by atoms with van der Waals surface area (Å²) in [5, 5.41) is 0. The van der Waals surface area contributed by atoms with Crippen LogP contribution in [0.4, 0.5) is 0 Å². The van der Waals surface area contributed by atoms with Crippen LogP contribution in [0.3, 0.4) is 0 Å². The van der Waals surface area contributed by atoms with Crippen LogP contribution in [0, 0.1) is 5.92 Å². The van der Waals surface area contributed by atoms with E-state index in [1.807, 2.05) is 19.1 Å². The minimum absolute atomic E-state index is 0.123. The van der Waals surface area contributed by atoms with Gasteiger partial charge in [-0.15, -0.1) is 0 Å². The summed E-state index contributed by atoms with van der Waals surface area (Å²) in [6.45, 7) is 8.22. The second-order valence-electron chi connectivity index (χ2n) is 12.4. The molecule has 0 fully saturated rings. The number of hydrogen-bond donors (Lipinski definition) is 0. The predicted octanol–water partition coefficient (Wildman–Crippen LogP) is 9.15. The van der Waals surface area contributed by atoms with E-state index in [4.69, 9.17) is 9.47 Å². The zero-order valence-electron chi connectivity index (χ0n) is 26.3. The van der Waals surface area contributed by atoms with Gasteiger partial charge in [0.05, 0.1) is 20.6 Å². The van der Waals surface area contributed by atoms with Gasteiger partial charge in [0, 0.05) is 5.56 Å². The summed E-state index contributed by atoms with van der Waals surface area (Å²) >= 11 is 0. The van der Waals surface area contributed by atoms with Gasteiger partial charge >= 0.3 is 5.97 Å². The predicted molar refractivity (Wildman–Crippen MR) is 169 cm³/mol. The van der Waals surface area contributed by atoms with E-state index in [-0.39, 0.29) is 24.6 Å². The van der Waals surface area contributed by atoms with Crippen molar-refractivity contribution < 1.29 is 18.8 Å². The van der Waals surface area contributed by atoms with Crippen molar-refractivity contribution in [3.63, 3.8) is 0 Å². The van der Waals surface area contributed by atoms with Gasteiger partial charge in [0.15, 0.2) is 0 Å². The van der Waals surface area contributed by atoms with E-state index >= 15 is 0 Å². The number of hydrogen-bond acceptors (Lipinski definition) is 3. The summed E-state index contributed by atoms with van der Waals surface area (Å²) in [4.78, 5) is 12.9. The Hall–Kier alpha value is -2.33. The third kappa shape index (κ3) is 14.9. The number of esters is 1.